The number of hydrogen-bond acceptors (Lipinski definition) is 3. The zero-order valence-corrected chi connectivity index (χ0v) is 9.08. The summed E-state index contributed by atoms with van der Waals surface area (Å²) in [6.45, 7) is 5.22. The lowest BCUT2D eigenvalue weighted by Crippen LogP contribution is -2.32. The summed E-state index contributed by atoms with van der Waals surface area (Å²) in [5.41, 5.74) is 6.27. The van der Waals surface area contributed by atoms with Crippen LogP contribution in [0.3, 0.4) is 0 Å². The van der Waals surface area contributed by atoms with Gasteiger partial charge in [-0.3, -0.25) is 9.48 Å². The molecule has 1 aliphatic heterocycles. The summed E-state index contributed by atoms with van der Waals surface area (Å²) in [7, 11) is 0. The Labute approximate surface area is 88.6 Å². The van der Waals surface area contributed by atoms with Crippen molar-refractivity contribution in [3.05, 3.63) is 11.8 Å². The smallest absolute Gasteiger partial charge is 0.227 e. The highest BCUT2D eigenvalue weighted by molar-refractivity contribution is 5.84. The maximum atomic E-state index is 11.6. The minimum atomic E-state index is -0.342. The molecule has 1 fully saturated rings. The number of nitrogen functional groups attached to an aromatic ring is 1. The van der Waals surface area contributed by atoms with Crippen LogP contribution in [0.5, 0.6) is 0 Å². The molecule has 0 saturated carbocycles. The highest BCUT2D eigenvalue weighted by Gasteiger charge is 2.38. The number of hydrogen-bond donors (Lipinski definition) is 2. The van der Waals surface area contributed by atoms with Crippen LogP contribution in [0.15, 0.2) is 6.20 Å². The number of aromatic nitrogens is 2. The molecule has 5 nitrogen and oxygen atoms in total. The zero-order chi connectivity index (χ0) is 11.1. The van der Waals surface area contributed by atoms with Crippen molar-refractivity contribution in [2.45, 2.75) is 26.8 Å². The molecule has 1 aromatic heterocycles. The molecule has 1 unspecified atom stereocenters. The van der Waals surface area contributed by atoms with Crippen LogP contribution in [0.25, 0.3) is 0 Å². The molecule has 1 aliphatic rings. The summed E-state index contributed by atoms with van der Waals surface area (Å²) >= 11 is 0. The van der Waals surface area contributed by atoms with Gasteiger partial charge in [0.25, 0.3) is 0 Å². The first-order valence-electron chi connectivity index (χ1n) is 5.09. The Morgan fingerprint density at radius 2 is 2.47 bits per heavy atom. The normalized spacial score (nSPS) is 25.6. The fourth-order valence-corrected chi connectivity index (χ4v) is 1.90. The van der Waals surface area contributed by atoms with Crippen molar-refractivity contribution in [2.75, 3.05) is 12.3 Å². The largest absolute Gasteiger partial charge is 0.382 e. The highest BCUT2D eigenvalue weighted by Crippen LogP contribution is 2.28. The standard InChI is InChI=1S/C10H16N4O/c1-7-5-14(13-8(7)11)6-10(2)3-4-12-9(10)15/h5H,3-4,6H2,1-2H3,(H2,11,13)(H,12,15). The average molecular weight is 208 g/mol. The fourth-order valence-electron chi connectivity index (χ4n) is 1.90. The van der Waals surface area contributed by atoms with Crippen LogP contribution in [-0.2, 0) is 11.3 Å². The first kappa shape index (κ1) is 10.0. The van der Waals surface area contributed by atoms with E-state index in [-0.39, 0.29) is 11.3 Å². The predicted molar refractivity (Wildman–Crippen MR) is 57.1 cm³/mol. The third kappa shape index (κ3) is 1.69. The summed E-state index contributed by atoms with van der Waals surface area (Å²) in [6.07, 6.45) is 2.73. The van der Waals surface area contributed by atoms with E-state index in [1.54, 1.807) is 4.68 Å². The molecule has 82 valence electrons. The molecule has 0 bridgehead atoms. The van der Waals surface area contributed by atoms with E-state index in [0.717, 1.165) is 18.5 Å². The van der Waals surface area contributed by atoms with Gasteiger partial charge in [0, 0.05) is 18.3 Å². The molecule has 1 aromatic rings. The molecule has 2 heterocycles. The van der Waals surface area contributed by atoms with Crippen LogP contribution < -0.4 is 11.1 Å². The molecule has 15 heavy (non-hydrogen) atoms. The number of aryl methyl sites for hydroxylation is 1. The Morgan fingerprint density at radius 3 is 2.93 bits per heavy atom. The lowest BCUT2D eigenvalue weighted by molar-refractivity contribution is -0.127. The molecule has 2 rings (SSSR count). The summed E-state index contributed by atoms with van der Waals surface area (Å²) in [4.78, 5) is 11.6. The molecule has 1 amide bonds. The van der Waals surface area contributed by atoms with Gasteiger partial charge in [0.2, 0.25) is 5.91 Å². The Bertz CT molecular complexity index is 379. The Morgan fingerprint density at radius 1 is 1.73 bits per heavy atom. The molecule has 0 aromatic carbocycles. The van der Waals surface area contributed by atoms with Crippen LogP contribution in [0.1, 0.15) is 18.9 Å². The van der Waals surface area contributed by atoms with Crippen molar-refractivity contribution in [3.8, 4) is 0 Å². The first-order chi connectivity index (χ1) is 7.01. The van der Waals surface area contributed by atoms with Gasteiger partial charge in [0.1, 0.15) is 5.82 Å². The summed E-state index contributed by atoms with van der Waals surface area (Å²) < 4.78 is 1.76. The molecular formula is C10H16N4O. The number of carbonyl (C=O) groups excluding carboxylic acids is 1. The topological polar surface area (TPSA) is 72.9 Å². The van der Waals surface area contributed by atoms with Crippen molar-refractivity contribution in [1.29, 1.82) is 0 Å². The average Bonchev–Trinajstić information content (AvgIpc) is 2.60. The summed E-state index contributed by atoms with van der Waals surface area (Å²) in [5, 5.41) is 7.01. The second kappa shape index (κ2) is 3.25. The van der Waals surface area contributed by atoms with Crippen LogP contribution in [0, 0.1) is 12.3 Å². The molecule has 0 aliphatic carbocycles. The highest BCUT2D eigenvalue weighted by atomic mass is 16.2. The van der Waals surface area contributed by atoms with Crippen molar-refractivity contribution < 1.29 is 4.79 Å². The van der Waals surface area contributed by atoms with E-state index in [0.29, 0.717) is 12.4 Å². The van der Waals surface area contributed by atoms with Crippen LogP contribution in [-0.4, -0.2) is 22.2 Å². The molecule has 1 saturated heterocycles. The molecule has 3 N–H and O–H groups in total. The Hall–Kier alpha value is -1.52. The molecular weight excluding hydrogens is 192 g/mol. The monoisotopic (exact) mass is 208 g/mol. The number of nitrogens with zero attached hydrogens (tertiary/aromatic N) is 2. The Kier molecular flexibility index (Phi) is 2.17. The van der Waals surface area contributed by atoms with Gasteiger partial charge >= 0.3 is 0 Å². The Balaban J connectivity index is 2.18. The van der Waals surface area contributed by atoms with E-state index in [4.69, 9.17) is 5.73 Å². The number of nitrogens with two attached hydrogens (primary N) is 1. The predicted octanol–water partition coefficient (Wildman–Crippen LogP) is 0.300. The lowest BCUT2D eigenvalue weighted by Gasteiger charge is -2.19. The fraction of sp³-hybridized carbons (Fsp3) is 0.600. The minimum Gasteiger partial charge on any atom is -0.382 e. The maximum Gasteiger partial charge on any atom is 0.227 e. The second-order valence-corrected chi connectivity index (χ2v) is 4.46. The minimum absolute atomic E-state index is 0.106. The van der Waals surface area contributed by atoms with E-state index in [9.17, 15) is 4.79 Å². The molecule has 1 atom stereocenters. The number of carbonyl (C=O) groups is 1. The molecule has 0 spiro atoms. The van der Waals surface area contributed by atoms with Crippen LogP contribution in [0.4, 0.5) is 5.82 Å². The number of nitrogens with one attached hydrogen (secondary N) is 1. The summed E-state index contributed by atoms with van der Waals surface area (Å²) in [6, 6.07) is 0. The van der Waals surface area contributed by atoms with Gasteiger partial charge in [0.15, 0.2) is 0 Å². The third-order valence-corrected chi connectivity index (χ3v) is 3.00. The van der Waals surface area contributed by atoms with Gasteiger partial charge in [-0.05, 0) is 20.3 Å². The van der Waals surface area contributed by atoms with E-state index in [1.165, 1.54) is 0 Å². The quantitative estimate of drug-likeness (QED) is 0.734. The van der Waals surface area contributed by atoms with Gasteiger partial charge in [-0.25, -0.2) is 0 Å². The van der Waals surface area contributed by atoms with Crippen molar-refractivity contribution in [1.82, 2.24) is 15.1 Å². The van der Waals surface area contributed by atoms with Gasteiger partial charge in [-0.1, -0.05) is 0 Å². The molecule has 0 radical (unpaired) electrons. The maximum absolute atomic E-state index is 11.6. The SMILES string of the molecule is Cc1cn(CC2(C)CCNC2=O)nc1N. The zero-order valence-electron chi connectivity index (χ0n) is 9.08. The third-order valence-electron chi connectivity index (χ3n) is 3.00. The van der Waals surface area contributed by atoms with Gasteiger partial charge in [0.05, 0.1) is 12.0 Å². The van der Waals surface area contributed by atoms with Crippen molar-refractivity contribution in [3.63, 3.8) is 0 Å². The molecule has 5 heteroatoms. The van der Waals surface area contributed by atoms with Crippen LogP contribution >= 0.6 is 0 Å². The number of rotatable bonds is 2. The van der Waals surface area contributed by atoms with Gasteiger partial charge in [-0.15, -0.1) is 0 Å². The van der Waals surface area contributed by atoms with E-state index in [1.807, 2.05) is 20.0 Å². The van der Waals surface area contributed by atoms with Gasteiger partial charge in [-0.2, -0.15) is 5.10 Å². The van der Waals surface area contributed by atoms with Crippen molar-refractivity contribution in [2.24, 2.45) is 5.41 Å². The van der Waals surface area contributed by atoms with Crippen molar-refractivity contribution >= 4 is 11.7 Å². The second-order valence-electron chi connectivity index (χ2n) is 4.46. The number of amides is 1. The van der Waals surface area contributed by atoms with E-state index < -0.39 is 0 Å². The number of anilines is 1. The van der Waals surface area contributed by atoms with E-state index >= 15 is 0 Å². The van der Waals surface area contributed by atoms with Crippen LogP contribution in [0.2, 0.25) is 0 Å². The summed E-state index contributed by atoms with van der Waals surface area (Å²) in [5.74, 6) is 0.645. The lowest BCUT2D eigenvalue weighted by atomic mass is 9.89. The first-order valence-corrected chi connectivity index (χ1v) is 5.09. The van der Waals surface area contributed by atoms with E-state index in [2.05, 4.69) is 10.4 Å². The van der Waals surface area contributed by atoms with Gasteiger partial charge < -0.3 is 11.1 Å².